The monoisotopic (exact) mass is 445 g/mol. The number of rotatable bonds is 8. The number of nitrogens with one attached hydrogen (secondary N) is 2. The Morgan fingerprint density at radius 1 is 1.07 bits per heavy atom. The molecule has 0 saturated heterocycles. The number of nitrogens with zero attached hydrogens (tertiary/aromatic N) is 1. The van der Waals surface area contributed by atoms with Crippen molar-refractivity contribution >= 4 is 53.5 Å². The van der Waals surface area contributed by atoms with Gasteiger partial charge in [0.25, 0.3) is 5.91 Å². The van der Waals surface area contributed by atoms with Crippen molar-refractivity contribution in [2.45, 2.75) is 12.5 Å². The molecule has 0 saturated carbocycles. The number of benzene rings is 2. The van der Waals surface area contributed by atoms with E-state index in [1.165, 1.54) is 11.3 Å². The van der Waals surface area contributed by atoms with Gasteiger partial charge < -0.3 is 10.6 Å². The highest BCUT2D eigenvalue weighted by molar-refractivity contribution is 7.98. The Balaban J connectivity index is 0.00000300. The molecule has 8 heteroatoms. The highest BCUT2D eigenvalue weighted by Crippen LogP contribution is 2.24. The highest BCUT2D eigenvalue weighted by atomic mass is 32.2. The van der Waals surface area contributed by atoms with Gasteiger partial charge in [-0.25, -0.2) is 4.98 Å². The largest absolute Gasteiger partial charge is 0.340 e. The Labute approximate surface area is 185 Å². The summed E-state index contributed by atoms with van der Waals surface area (Å²) in [4.78, 5) is 29.7. The van der Waals surface area contributed by atoms with Crippen LogP contribution in [0.1, 0.15) is 16.8 Å². The lowest BCUT2D eigenvalue weighted by Gasteiger charge is -2.17. The van der Waals surface area contributed by atoms with Crippen molar-refractivity contribution in [1.82, 2.24) is 10.3 Å². The molecular formula is C21H23N3O2S3. The van der Waals surface area contributed by atoms with E-state index in [-0.39, 0.29) is 25.3 Å². The van der Waals surface area contributed by atoms with Crippen molar-refractivity contribution in [3.63, 3.8) is 0 Å². The Bertz CT molecular complexity index is 917. The first-order chi connectivity index (χ1) is 13.7. The van der Waals surface area contributed by atoms with E-state index in [0.29, 0.717) is 17.1 Å². The molecule has 3 aromatic rings. The van der Waals surface area contributed by atoms with E-state index in [4.69, 9.17) is 0 Å². The van der Waals surface area contributed by atoms with Crippen LogP contribution in [0, 0.1) is 0 Å². The van der Waals surface area contributed by atoms with Gasteiger partial charge in [0.2, 0.25) is 5.91 Å². The maximum Gasteiger partial charge on any atom is 0.251 e. The summed E-state index contributed by atoms with van der Waals surface area (Å²) in [5.41, 5.74) is 2.34. The lowest BCUT2D eigenvalue weighted by Crippen LogP contribution is -2.44. The fourth-order valence-electron chi connectivity index (χ4n) is 2.60. The Hall–Kier alpha value is -2.29. The third-order valence-electron chi connectivity index (χ3n) is 4.07. The molecule has 0 radical (unpaired) electrons. The van der Waals surface area contributed by atoms with Gasteiger partial charge >= 0.3 is 0 Å². The van der Waals surface area contributed by atoms with Gasteiger partial charge in [-0.3, -0.25) is 9.59 Å². The van der Waals surface area contributed by atoms with Crippen molar-refractivity contribution in [3.05, 3.63) is 71.6 Å². The molecule has 0 aliphatic carbocycles. The summed E-state index contributed by atoms with van der Waals surface area (Å²) in [5, 5.41) is 8.11. The van der Waals surface area contributed by atoms with E-state index in [0.717, 1.165) is 17.0 Å². The number of carbonyl (C=O) groups excluding carboxylic acids is 2. The number of aromatic nitrogens is 1. The molecule has 0 spiro atoms. The predicted octanol–water partition coefficient (Wildman–Crippen LogP) is 4.41. The third-order valence-corrected chi connectivity index (χ3v) is 5.47. The van der Waals surface area contributed by atoms with Crippen LogP contribution in [0.3, 0.4) is 0 Å². The smallest absolute Gasteiger partial charge is 0.251 e. The van der Waals surface area contributed by atoms with Crippen LogP contribution in [-0.2, 0) is 4.79 Å². The summed E-state index contributed by atoms with van der Waals surface area (Å²) in [7, 11) is 0. The molecule has 0 unspecified atom stereocenters. The van der Waals surface area contributed by atoms with Crippen LogP contribution in [0.2, 0.25) is 0 Å². The molecular weight excluding hydrogens is 422 g/mol. The van der Waals surface area contributed by atoms with Gasteiger partial charge in [-0.05, 0) is 30.6 Å². The van der Waals surface area contributed by atoms with Gasteiger partial charge in [-0.2, -0.15) is 25.3 Å². The first-order valence-corrected chi connectivity index (χ1v) is 11.1. The maximum atomic E-state index is 12.8. The number of hydrogen-bond acceptors (Lipinski definition) is 5. The van der Waals surface area contributed by atoms with Crippen LogP contribution in [0.5, 0.6) is 0 Å². The molecule has 29 heavy (non-hydrogen) atoms. The number of carbonyl (C=O) groups is 2. The summed E-state index contributed by atoms with van der Waals surface area (Å²) < 4.78 is 0. The van der Waals surface area contributed by atoms with Crippen molar-refractivity contribution in [2.24, 2.45) is 0 Å². The summed E-state index contributed by atoms with van der Waals surface area (Å²) >= 11 is 3.00. The van der Waals surface area contributed by atoms with Crippen LogP contribution in [0.25, 0.3) is 11.3 Å². The first-order valence-electron chi connectivity index (χ1n) is 8.84. The molecule has 0 bridgehead atoms. The molecule has 2 amide bonds. The zero-order valence-corrected chi connectivity index (χ0v) is 18.6. The van der Waals surface area contributed by atoms with Gasteiger partial charge in [0.15, 0.2) is 5.13 Å². The van der Waals surface area contributed by atoms with Gasteiger partial charge in [-0.1, -0.05) is 48.5 Å². The zero-order chi connectivity index (χ0) is 19.8. The van der Waals surface area contributed by atoms with Crippen LogP contribution in [0.4, 0.5) is 5.13 Å². The molecule has 5 nitrogen and oxygen atoms in total. The summed E-state index contributed by atoms with van der Waals surface area (Å²) in [6.45, 7) is 0. The molecule has 0 fully saturated rings. The molecule has 1 heterocycles. The lowest BCUT2D eigenvalue weighted by atomic mass is 10.1. The average molecular weight is 446 g/mol. The maximum absolute atomic E-state index is 12.8. The second-order valence-corrected chi connectivity index (χ2v) is 7.91. The second-order valence-electron chi connectivity index (χ2n) is 6.07. The first kappa shape index (κ1) is 23.0. The number of amides is 2. The van der Waals surface area contributed by atoms with Crippen molar-refractivity contribution in [3.8, 4) is 11.3 Å². The fourth-order valence-corrected chi connectivity index (χ4v) is 3.79. The van der Waals surface area contributed by atoms with Gasteiger partial charge in [0, 0.05) is 16.5 Å². The topological polar surface area (TPSA) is 71.1 Å². The standard InChI is InChI=1S/C21H21N3O2S2.H2S/c1-27-13-12-17(22-19(25)16-10-6-3-7-11-16)20(26)24-21-23-18(14-28-21)15-8-4-2-5-9-15;/h2-11,14,17H,12-13H2,1H3,(H,22,25)(H,23,24,26);1H2/t17-;/m0./s1. The van der Waals surface area contributed by atoms with Gasteiger partial charge in [0.1, 0.15) is 6.04 Å². The number of thioether (sulfide) groups is 1. The van der Waals surface area contributed by atoms with E-state index >= 15 is 0 Å². The van der Waals surface area contributed by atoms with Crippen LogP contribution < -0.4 is 10.6 Å². The molecule has 0 aliphatic rings. The Kier molecular flexibility index (Phi) is 9.24. The molecule has 2 aromatic carbocycles. The minimum atomic E-state index is -0.621. The van der Waals surface area contributed by atoms with E-state index in [9.17, 15) is 9.59 Å². The summed E-state index contributed by atoms with van der Waals surface area (Å²) in [6.07, 6.45) is 2.52. The van der Waals surface area contributed by atoms with Crippen LogP contribution >= 0.6 is 36.6 Å². The molecule has 1 aromatic heterocycles. The molecule has 2 N–H and O–H groups in total. The second kappa shape index (κ2) is 11.6. The number of anilines is 1. The van der Waals surface area contributed by atoms with E-state index < -0.39 is 6.04 Å². The fraction of sp³-hybridized carbons (Fsp3) is 0.190. The molecule has 1 atom stereocenters. The number of thiazole rings is 1. The lowest BCUT2D eigenvalue weighted by molar-refractivity contribution is -0.118. The van der Waals surface area contributed by atoms with E-state index in [1.54, 1.807) is 36.0 Å². The summed E-state index contributed by atoms with van der Waals surface area (Å²) in [5.74, 6) is 0.249. The third kappa shape index (κ3) is 6.62. The van der Waals surface area contributed by atoms with Crippen LogP contribution in [-0.4, -0.2) is 34.8 Å². The average Bonchev–Trinajstić information content (AvgIpc) is 3.20. The minimum Gasteiger partial charge on any atom is -0.340 e. The zero-order valence-electron chi connectivity index (χ0n) is 15.9. The molecule has 0 aliphatic heterocycles. The van der Waals surface area contributed by atoms with Crippen LogP contribution in [0.15, 0.2) is 66.0 Å². The SMILES string of the molecule is CSCC[C@H](NC(=O)c1ccccc1)C(=O)Nc1nc(-c2ccccc2)cs1.S. The van der Waals surface area contributed by atoms with Crippen molar-refractivity contribution < 1.29 is 9.59 Å². The number of hydrogen-bond donors (Lipinski definition) is 2. The normalized spacial score (nSPS) is 11.2. The molecule has 152 valence electrons. The van der Waals surface area contributed by atoms with Gasteiger partial charge in [0.05, 0.1) is 5.69 Å². The molecule has 3 rings (SSSR count). The quantitative estimate of drug-likeness (QED) is 0.539. The summed E-state index contributed by atoms with van der Waals surface area (Å²) in [6, 6.07) is 18.1. The minimum absolute atomic E-state index is 0. The Morgan fingerprint density at radius 2 is 1.72 bits per heavy atom. The van der Waals surface area contributed by atoms with E-state index in [1.807, 2.05) is 48.0 Å². The van der Waals surface area contributed by atoms with Gasteiger partial charge in [-0.15, -0.1) is 11.3 Å². The predicted molar refractivity (Wildman–Crippen MR) is 127 cm³/mol. The van der Waals surface area contributed by atoms with Crippen molar-refractivity contribution in [2.75, 3.05) is 17.3 Å². The van der Waals surface area contributed by atoms with Crippen molar-refractivity contribution in [1.29, 1.82) is 0 Å². The van der Waals surface area contributed by atoms with E-state index in [2.05, 4.69) is 15.6 Å². The highest BCUT2D eigenvalue weighted by Gasteiger charge is 2.22. The Morgan fingerprint density at radius 3 is 2.38 bits per heavy atom.